The van der Waals surface area contributed by atoms with Crippen molar-refractivity contribution in [2.45, 2.75) is 32.5 Å². The van der Waals surface area contributed by atoms with Crippen LogP contribution in [0.4, 0.5) is 0 Å². The molecule has 0 bridgehead atoms. The maximum atomic E-state index is 10.9. The Morgan fingerprint density at radius 1 is 1.40 bits per heavy atom. The van der Waals surface area contributed by atoms with Gasteiger partial charge in [-0.15, -0.1) is 0 Å². The highest BCUT2D eigenvalue weighted by atomic mass is 16.6. The predicted molar refractivity (Wildman–Crippen MR) is 46.7 cm³/mol. The van der Waals surface area contributed by atoms with Crippen LogP contribution in [0.15, 0.2) is 0 Å². The Labute approximate surface area is 86.5 Å². The molecule has 1 fully saturated rings. The summed E-state index contributed by atoms with van der Waals surface area (Å²) in [6, 6.07) is 0. The lowest BCUT2D eigenvalue weighted by molar-refractivity contribution is -0.158. The zero-order chi connectivity index (χ0) is 11.4. The number of cyclic esters (lactones) is 1. The molecule has 0 radical (unpaired) electrons. The average molecular weight is 216 g/mol. The van der Waals surface area contributed by atoms with E-state index in [1.54, 1.807) is 0 Å². The molecule has 1 rings (SSSR count). The lowest BCUT2D eigenvalue weighted by atomic mass is 10.2. The third-order valence-corrected chi connectivity index (χ3v) is 1.83. The standard InChI is InChI=1S/C9H12O6/c1-5(10)13-4-8-7(14-6(2)11)3-9(12)15-8/h7-8H,3-4H2,1-2H3/t7-,8-/m1/s1. The molecule has 84 valence electrons. The van der Waals surface area contributed by atoms with Crippen molar-refractivity contribution in [1.82, 2.24) is 0 Å². The maximum absolute atomic E-state index is 10.9. The lowest BCUT2D eigenvalue weighted by Gasteiger charge is -2.16. The van der Waals surface area contributed by atoms with Crippen LogP contribution in [0.25, 0.3) is 0 Å². The Morgan fingerprint density at radius 3 is 2.60 bits per heavy atom. The van der Waals surface area contributed by atoms with Crippen LogP contribution in [-0.4, -0.2) is 36.7 Å². The van der Waals surface area contributed by atoms with Gasteiger partial charge in [0.1, 0.15) is 6.61 Å². The summed E-state index contributed by atoms with van der Waals surface area (Å²) in [5.41, 5.74) is 0. The smallest absolute Gasteiger partial charge is 0.310 e. The third kappa shape index (κ3) is 3.57. The minimum atomic E-state index is -0.690. The van der Waals surface area contributed by atoms with Crippen LogP contribution in [0.1, 0.15) is 20.3 Å². The van der Waals surface area contributed by atoms with E-state index in [9.17, 15) is 14.4 Å². The molecule has 0 saturated carbocycles. The molecule has 6 heteroatoms. The Balaban J connectivity index is 2.48. The normalized spacial score (nSPS) is 24.5. The van der Waals surface area contributed by atoms with Crippen LogP contribution in [0.2, 0.25) is 0 Å². The van der Waals surface area contributed by atoms with Gasteiger partial charge in [-0.25, -0.2) is 0 Å². The van der Waals surface area contributed by atoms with Crippen LogP contribution in [-0.2, 0) is 28.6 Å². The highest BCUT2D eigenvalue weighted by molar-refractivity contribution is 5.74. The molecule has 0 N–H and O–H groups in total. The van der Waals surface area contributed by atoms with Gasteiger partial charge in [-0.3, -0.25) is 14.4 Å². The maximum Gasteiger partial charge on any atom is 0.310 e. The molecule has 2 atom stereocenters. The number of hydrogen-bond donors (Lipinski definition) is 0. The second kappa shape index (κ2) is 4.77. The van der Waals surface area contributed by atoms with Gasteiger partial charge < -0.3 is 14.2 Å². The molecule has 1 aliphatic heterocycles. The molecule has 0 aromatic heterocycles. The fourth-order valence-electron chi connectivity index (χ4n) is 1.26. The van der Waals surface area contributed by atoms with E-state index >= 15 is 0 Å². The first kappa shape index (κ1) is 11.5. The predicted octanol–water partition coefficient (Wildman–Crippen LogP) is -0.203. The number of esters is 3. The summed E-state index contributed by atoms with van der Waals surface area (Å²) in [7, 11) is 0. The zero-order valence-electron chi connectivity index (χ0n) is 8.52. The van der Waals surface area contributed by atoms with E-state index in [2.05, 4.69) is 4.74 Å². The molecule has 0 aromatic rings. The van der Waals surface area contributed by atoms with E-state index in [-0.39, 0.29) is 13.0 Å². The summed E-state index contributed by atoms with van der Waals surface area (Å²) >= 11 is 0. The summed E-state index contributed by atoms with van der Waals surface area (Å²) in [4.78, 5) is 32.2. The first-order valence-electron chi connectivity index (χ1n) is 4.49. The Kier molecular flexibility index (Phi) is 3.65. The van der Waals surface area contributed by atoms with Gasteiger partial charge in [0, 0.05) is 13.8 Å². The summed E-state index contributed by atoms with van der Waals surface area (Å²) in [6.45, 7) is 2.41. The van der Waals surface area contributed by atoms with Gasteiger partial charge in [0.15, 0.2) is 12.2 Å². The molecule has 1 heterocycles. The molecule has 1 aliphatic rings. The third-order valence-electron chi connectivity index (χ3n) is 1.83. The molecule has 0 aliphatic carbocycles. The second-order valence-corrected chi connectivity index (χ2v) is 3.18. The zero-order valence-corrected chi connectivity index (χ0v) is 8.52. The van der Waals surface area contributed by atoms with Crippen molar-refractivity contribution in [2.24, 2.45) is 0 Å². The summed E-state index contributed by atoms with van der Waals surface area (Å²) in [6.07, 6.45) is -1.34. The molecule has 0 aromatic carbocycles. The molecule has 1 saturated heterocycles. The lowest BCUT2D eigenvalue weighted by Crippen LogP contribution is -2.31. The van der Waals surface area contributed by atoms with Gasteiger partial charge in [-0.05, 0) is 0 Å². The molecule has 0 spiro atoms. The summed E-state index contributed by atoms with van der Waals surface area (Å²) in [5.74, 6) is -1.43. The monoisotopic (exact) mass is 216 g/mol. The minimum Gasteiger partial charge on any atom is -0.462 e. The first-order valence-corrected chi connectivity index (χ1v) is 4.49. The molecule has 15 heavy (non-hydrogen) atoms. The van der Waals surface area contributed by atoms with E-state index in [1.165, 1.54) is 13.8 Å². The Hall–Kier alpha value is -1.59. The number of carbonyl (C=O) groups is 3. The van der Waals surface area contributed by atoms with Gasteiger partial charge in [-0.1, -0.05) is 0 Å². The van der Waals surface area contributed by atoms with Crippen molar-refractivity contribution in [1.29, 1.82) is 0 Å². The van der Waals surface area contributed by atoms with Crippen LogP contribution < -0.4 is 0 Å². The van der Waals surface area contributed by atoms with E-state index < -0.39 is 30.1 Å². The number of ether oxygens (including phenoxy) is 3. The fraction of sp³-hybridized carbons (Fsp3) is 0.667. The molecular weight excluding hydrogens is 204 g/mol. The van der Waals surface area contributed by atoms with Crippen molar-refractivity contribution in [3.63, 3.8) is 0 Å². The van der Waals surface area contributed by atoms with Crippen LogP contribution in [0.3, 0.4) is 0 Å². The molecular formula is C9H12O6. The van der Waals surface area contributed by atoms with Gasteiger partial charge >= 0.3 is 17.9 Å². The Morgan fingerprint density at radius 2 is 2.07 bits per heavy atom. The first-order chi connectivity index (χ1) is 6.99. The molecule has 0 unspecified atom stereocenters. The summed E-state index contributed by atoms with van der Waals surface area (Å²) in [5, 5.41) is 0. The van der Waals surface area contributed by atoms with Gasteiger partial charge in [0.2, 0.25) is 0 Å². The van der Waals surface area contributed by atoms with Crippen molar-refractivity contribution in [3.8, 4) is 0 Å². The average Bonchev–Trinajstić information content (AvgIpc) is 2.41. The van der Waals surface area contributed by atoms with E-state index in [4.69, 9.17) is 9.47 Å². The quantitative estimate of drug-likeness (QED) is 0.480. The minimum absolute atomic E-state index is 0.00547. The number of hydrogen-bond acceptors (Lipinski definition) is 6. The fourth-order valence-corrected chi connectivity index (χ4v) is 1.26. The largest absolute Gasteiger partial charge is 0.462 e. The van der Waals surface area contributed by atoms with Gasteiger partial charge in [-0.2, -0.15) is 0 Å². The molecule has 6 nitrogen and oxygen atoms in total. The highest BCUT2D eigenvalue weighted by Crippen LogP contribution is 2.19. The summed E-state index contributed by atoms with van der Waals surface area (Å²) < 4.78 is 14.4. The van der Waals surface area contributed by atoms with Gasteiger partial charge in [0.25, 0.3) is 0 Å². The van der Waals surface area contributed by atoms with Crippen molar-refractivity contribution >= 4 is 17.9 Å². The van der Waals surface area contributed by atoms with Crippen LogP contribution in [0.5, 0.6) is 0 Å². The number of carbonyl (C=O) groups excluding carboxylic acids is 3. The van der Waals surface area contributed by atoms with Crippen LogP contribution in [0, 0.1) is 0 Å². The Bertz CT molecular complexity index is 284. The van der Waals surface area contributed by atoms with Crippen molar-refractivity contribution < 1.29 is 28.6 Å². The highest BCUT2D eigenvalue weighted by Gasteiger charge is 2.37. The number of rotatable bonds is 3. The van der Waals surface area contributed by atoms with Crippen LogP contribution >= 0.6 is 0 Å². The SMILES string of the molecule is CC(=O)OC[C@H]1OC(=O)C[C@H]1OC(C)=O. The van der Waals surface area contributed by atoms with Gasteiger partial charge in [0.05, 0.1) is 6.42 Å². The van der Waals surface area contributed by atoms with E-state index in [1.807, 2.05) is 0 Å². The van der Waals surface area contributed by atoms with Crippen molar-refractivity contribution in [3.05, 3.63) is 0 Å². The van der Waals surface area contributed by atoms with Crippen molar-refractivity contribution in [2.75, 3.05) is 6.61 Å². The second-order valence-electron chi connectivity index (χ2n) is 3.18. The van der Waals surface area contributed by atoms with E-state index in [0.717, 1.165) is 0 Å². The molecule has 0 amide bonds. The topological polar surface area (TPSA) is 78.9 Å². The van der Waals surface area contributed by atoms with E-state index in [0.29, 0.717) is 0 Å².